The average Bonchev–Trinajstić information content (AvgIpc) is 2.86. The van der Waals surface area contributed by atoms with E-state index in [4.69, 9.17) is 0 Å². The van der Waals surface area contributed by atoms with Crippen LogP contribution < -0.4 is 5.32 Å². The van der Waals surface area contributed by atoms with Gasteiger partial charge in [-0.2, -0.15) is 0 Å². The van der Waals surface area contributed by atoms with Gasteiger partial charge in [0.25, 0.3) is 0 Å². The molecule has 1 aliphatic carbocycles. The molecule has 1 fully saturated rings. The van der Waals surface area contributed by atoms with Crippen LogP contribution in [0.4, 0.5) is 0 Å². The fourth-order valence-corrected chi connectivity index (χ4v) is 2.46. The number of tetrazole rings is 1. The normalized spacial score (nSPS) is 19.1. The minimum absolute atomic E-state index is 0.399. The zero-order chi connectivity index (χ0) is 11.4. The van der Waals surface area contributed by atoms with E-state index in [-0.39, 0.29) is 0 Å². The van der Waals surface area contributed by atoms with Crippen molar-refractivity contribution in [3.05, 3.63) is 5.82 Å². The Morgan fingerprint density at radius 2 is 2.12 bits per heavy atom. The van der Waals surface area contributed by atoms with Crippen molar-refractivity contribution < 1.29 is 0 Å². The summed E-state index contributed by atoms with van der Waals surface area (Å²) >= 11 is 0. The van der Waals surface area contributed by atoms with Gasteiger partial charge in [-0.25, -0.2) is 4.68 Å². The van der Waals surface area contributed by atoms with Gasteiger partial charge in [0, 0.05) is 0 Å². The molecule has 1 aliphatic rings. The van der Waals surface area contributed by atoms with Crippen molar-refractivity contribution in [2.45, 2.75) is 52.6 Å². The predicted molar refractivity (Wildman–Crippen MR) is 61.8 cm³/mol. The van der Waals surface area contributed by atoms with Crippen LogP contribution in [0, 0.1) is 5.41 Å². The third-order valence-electron chi connectivity index (χ3n) is 3.48. The van der Waals surface area contributed by atoms with Crippen LogP contribution in [-0.4, -0.2) is 26.8 Å². The lowest BCUT2D eigenvalue weighted by molar-refractivity contribution is 0.260. The lowest BCUT2D eigenvalue weighted by atomic mass is 9.89. The number of rotatable bonds is 5. The second-order valence-corrected chi connectivity index (χ2v) is 5.05. The Hall–Kier alpha value is -0.970. The van der Waals surface area contributed by atoms with Crippen LogP contribution in [0.5, 0.6) is 0 Å². The highest BCUT2D eigenvalue weighted by molar-refractivity contribution is 4.86. The summed E-state index contributed by atoms with van der Waals surface area (Å²) in [6.07, 6.45) is 5.29. The Bertz CT molecular complexity index is 327. The SMILES string of the molecule is CCNCc1nnnn1CC1(C)CCCC1. The zero-order valence-electron chi connectivity index (χ0n) is 10.2. The minimum Gasteiger partial charge on any atom is -0.310 e. The fourth-order valence-electron chi connectivity index (χ4n) is 2.46. The summed E-state index contributed by atoms with van der Waals surface area (Å²) in [6, 6.07) is 0. The quantitative estimate of drug-likeness (QED) is 0.819. The summed E-state index contributed by atoms with van der Waals surface area (Å²) in [4.78, 5) is 0. The molecule has 5 nitrogen and oxygen atoms in total. The highest BCUT2D eigenvalue weighted by atomic mass is 15.5. The fraction of sp³-hybridized carbons (Fsp3) is 0.909. The maximum Gasteiger partial charge on any atom is 0.165 e. The summed E-state index contributed by atoms with van der Waals surface area (Å²) in [5.41, 5.74) is 0.399. The molecule has 1 aromatic heterocycles. The van der Waals surface area contributed by atoms with E-state index in [9.17, 15) is 0 Å². The van der Waals surface area contributed by atoms with Crippen LogP contribution in [0.25, 0.3) is 0 Å². The first kappa shape index (κ1) is 11.5. The topological polar surface area (TPSA) is 55.6 Å². The summed E-state index contributed by atoms with van der Waals surface area (Å²) in [5, 5.41) is 15.2. The van der Waals surface area contributed by atoms with E-state index < -0.39 is 0 Å². The van der Waals surface area contributed by atoms with Gasteiger partial charge in [0.05, 0.1) is 13.1 Å². The molecule has 2 rings (SSSR count). The molecular formula is C11H21N5. The van der Waals surface area contributed by atoms with E-state index in [1.165, 1.54) is 25.7 Å². The van der Waals surface area contributed by atoms with Crippen LogP contribution in [-0.2, 0) is 13.1 Å². The smallest absolute Gasteiger partial charge is 0.165 e. The highest BCUT2D eigenvalue weighted by Gasteiger charge is 2.30. The lowest BCUT2D eigenvalue weighted by Crippen LogP contribution is -2.24. The zero-order valence-corrected chi connectivity index (χ0v) is 10.2. The van der Waals surface area contributed by atoms with Gasteiger partial charge in [-0.15, -0.1) is 5.10 Å². The van der Waals surface area contributed by atoms with Gasteiger partial charge in [0.1, 0.15) is 0 Å². The van der Waals surface area contributed by atoms with Crippen LogP contribution >= 0.6 is 0 Å². The van der Waals surface area contributed by atoms with E-state index in [0.717, 1.165) is 25.5 Å². The summed E-state index contributed by atoms with van der Waals surface area (Å²) < 4.78 is 1.97. The molecule has 0 aliphatic heterocycles. The lowest BCUT2D eigenvalue weighted by Gasteiger charge is -2.23. The van der Waals surface area contributed by atoms with Crippen molar-refractivity contribution in [3.63, 3.8) is 0 Å². The van der Waals surface area contributed by atoms with Crippen molar-refractivity contribution in [3.8, 4) is 0 Å². The summed E-state index contributed by atoms with van der Waals surface area (Å²) in [5.74, 6) is 0.954. The number of nitrogens with zero attached hydrogens (tertiary/aromatic N) is 4. The van der Waals surface area contributed by atoms with E-state index in [1.54, 1.807) is 0 Å². The van der Waals surface area contributed by atoms with Crippen molar-refractivity contribution >= 4 is 0 Å². The Morgan fingerprint density at radius 3 is 2.81 bits per heavy atom. The van der Waals surface area contributed by atoms with Crippen molar-refractivity contribution in [1.29, 1.82) is 0 Å². The van der Waals surface area contributed by atoms with Gasteiger partial charge in [-0.3, -0.25) is 0 Å². The molecule has 5 heteroatoms. The first-order valence-corrected chi connectivity index (χ1v) is 6.19. The summed E-state index contributed by atoms with van der Waals surface area (Å²) in [7, 11) is 0. The molecule has 0 amide bonds. The maximum absolute atomic E-state index is 4.09. The van der Waals surface area contributed by atoms with Crippen LogP contribution in [0.3, 0.4) is 0 Å². The molecule has 1 saturated carbocycles. The number of nitrogens with one attached hydrogen (secondary N) is 1. The van der Waals surface area contributed by atoms with Gasteiger partial charge < -0.3 is 5.32 Å². The molecule has 90 valence electrons. The number of aromatic nitrogens is 4. The van der Waals surface area contributed by atoms with E-state index in [0.29, 0.717) is 5.41 Å². The van der Waals surface area contributed by atoms with Crippen molar-refractivity contribution in [2.24, 2.45) is 5.41 Å². The van der Waals surface area contributed by atoms with Crippen LogP contribution in [0.1, 0.15) is 45.4 Å². The average molecular weight is 223 g/mol. The highest BCUT2D eigenvalue weighted by Crippen LogP contribution is 2.38. The second-order valence-electron chi connectivity index (χ2n) is 5.05. The predicted octanol–water partition coefficient (Wildman–Crippen LogP) is 1.36. The molecule has 0 atom stereocenters. The molecule has 1 heterocycles. The molecular weight excluding hydrogens is 202 g/mol. The molecule has 0 unspecified atom stereocenters. The third kappa shape index (κ3) is 2.58. The van der Waals surface area contributed by atoms with Crippen molar-refractivity contribution in [1.82, 2.24) is 25.5 Å². The molecule has 0 aromatic carbocycles. The molecule has 1 aromatic rings. The van der Waals surface area contributed by atoms with E-state index >= 15 is 0 Å². The molecule has 16 heavy (non-hydrogen) atoms. The van der Waals surface area contributed by atoms with Gasteiger partial charge in [-0.05, 0) is 35.2 Å². The second kappa shape index (κ2) is 4.91. The maximum atomic E-state index is 4.09. The molecule has 0 spiro atoms. The first-order valence-electron chi connectivity index (χ1n) is 6.19. The Balaban J connectivity index is 2.00. The minimum atomic E-state index is 0.399. The number of hydrogen-bond donors (Lipinski definition) is 1. The number of hydrogen-bond acceptors (Lipinski definition) is 4. The van der Waals surface area contributed by atoms with Gasteiger partial charge >= 0.3 is 0 Å². The van der Waals surface area contributed by atoms with Gasteiger partial charge in [-0.1, -0.05) is 26.7 Å². The van der Waals surface area contributed by atoms with Crippen LogP contribution in [0.15, 0.2) is 0 Å². The Morgan fingerprint density at radius 1 is 1.38 bits per heavy atom. The van der Waals surface area contributed by atoms with Crippen molar-refractivity contribution in [2.75, 3.05) is 6.54 Å². The van der Waals surface area contributed by atoms with Gasteiger partial charge in [0.2, 0.25) is 0 Å². The Labute approximate surface area is 96.6 Å². The van der Waals surface area contributed by atoms with E-state index in [2.05, 4.69) is 34.7 Å². The van der Waals surface area contributed by atoms with E-state index in [1.807, 2.05) is 4.68 Å². The standard InChI is InChI=1S/C11H21N5/c1-3-12-8-10-13-14-15-16(10)9-11(2)6-4-5-7-11/h12H,3-9H2,1-2H3. The van der Waals surface area contributed by atoms with Gasteiger partial charge in [0.15, 0.2) is 5.82 Å². The molecule has 1 N–H and O–H groups in total. The molecule has 0 radical (unpaired) electrons. The first-order chi connectivity index (χ1) is 7.73. The summed E-state index contributed by atoms with van der Waals surface area (Å²) in [6.45, 7) is 7.11. The van der Waals surface area contributed by atoms with Crippen LogP contribution in [0.2, 0.25) is 0 Å². The third-order valence-corrected chi connectivity index (χ3v) is 3.48. The monoisotopic (exact) mass is 223 g/mol. The molecule has 0 saturated heterocycles. The Kier molecular flexibility index (Phi) is 3.53. The largest absolute Gasteiger partial charge is 0.310 e. The molecule has 0 bridgehead atoms.